The quantitative estimate of drug-likeness (QED) is 0.576. The molecule has 0 aliphatic carbocycles. The molecule has 2 aliphatic rings. The summed E-state index contributed by atoms with van der Waals surface area (Å²) in [5.74, 6) is 0.580. The average molecular weight is 390 g/mol. The highest BCUT2D eigenvalue weighted by Gasteiger charge is 2.35. The molecule has 0 radical (unpaired) electrons. The Morgan fingerprint density at radius 1 is 1.30 bits per heavy atom. The molecule has 4 N–H and O–H groups in total. The maximum atomic E-state index is 11.7. The van der Waals surface area contributed by atoms with Gasteiger partial charge in [-0.25, -0.2) is 15.6 Å². The number of urea groups is 1. The van der Waals surface area contributed by atoms with E-state index >= 15 is 0 Å². The zero-order valence-corrected chi connectivity index (χ0v) is 17.2. The number of hydrogen-bond donors (Lipinski definition) is 4. The molecule has 148 valence electrons. The minimum Gasteiger partial charge on any atom is -0.343 e. The number of carbonyl (C=O) groups excluding carboxylic acids is 1. The monoisotopic (exact) mass is 389 g/mol. The first kappa shape index (κ1) is 20.0. The summed E-state index contributed by atoms with van der Waals surface area (Å²) in [5.41, 5.74) is 8.04. The highest BCUT2D eigenvalue weighted by Crippen LogP contribution is 2.37. The molecule has 0 spiro atoms. The highest BCUT2D eigenvalue weighted by atomic mass is 32.2. The zero-order valence-electron chi connectivity index (χ0n) is 16.4. The van der Waals surface area contributed by atoms with Crippen LogP contribution in [0.1, 0.15) is 45.6 Å². The van der Waals surface area contributed by atoms with E-state index < -0.39 is 0 Å². The van der Waals surface area contributed by atoms with Crippen molar-refractivity contribution in [3.8, 4) is 0 Å². The smallest absolute Gasteiger partial charge is 0.315 e. The normalized spacial score (nSPS) is 22.8. The number of rotatable bonds is 7. The van der Waals surface area contributed by atoms with Gasteiger partial charge in [0.2, 0.25) is 0 Å². The van der Waals surface area contributed by atoms with Gasteiger partial charge in [-0.2, -0.15) is 0 Å². The highest BCUT2D eigenvalue weighted by molar-refractivity contribution is 8.03. The molecule has 2 amide bonds. The number of allylic oxidation sites excluding steroid dienone is 1. The van der Waals surface area contributed by atoms with Crippen molar-refractivity contribution in [2.24, 2.45) is 5.92 Å². The second-order valence-electron chi connectivity index (χ2n) is 7.14. The van der Waals surface area contributed by atoms with E-state index in [2.05, 4.69) is 64.6 Å². The molecular weight excluding hydrogens is 358 g/mol. The van der Waals surface area contributed by atoms with E-state index in [1.165, 1.54) is 9.80 Å². The lowest BCUT2D eigenvalue weighted by Crippen LogP contribution is -2.41. The number of amides is 2. The first-order valence-corrected chi connectivity index (χ1v) is 10.7. The molecular formula is C20H31N5OS. The van der Waals surface area contributed by atoms with Gasteiger partial charge in [0.05, 0.1) is 12.3 Å². The number of hydrazine groups is 1. The molecule has 2 heterocycles. The lowest BCUT2D eigenvalue weighted by Gasteiger charge is -2.34. The van der Waals surface area contributed by atoms with Gasteiger partial charge in [0, 0.05) is 29.1 Å². The van der Waals surface area contributed by atoms with Crippen LogP contribution < -0.4 is 21.5 Å². The number of nitrogens with one attached hydrogen (secondary N) is 4. The summed E-state index contributed by atoms with van der Waals surface area (Å²) < 4.78 is 0. The Bertz CT molecular complexity index is 680. The van der Waals surface area contributed by atoms with Crippen LogP contribution >= 0.6 is 11.8 Å². The lowest BCUT2D eigenvalue weighted by molar-refractivity contribution is 0.189. The molecule has 1 aromatic rings. The molecule has 1 fully saturated rings. The van der Waals surface area contributed by atoms with Gasteiger partial charge in [-0.15, -0.1) is 0 Å². The second-order valence-corrected chi connectivity index (χ2v) is 8.31. The van der Waals surface area contributed by atoms with E-state index in [0.717, 1.165) is 24.8 Å². The Labute approximate surface area is 166 Å². The zero-order chi connectivity index (χ0) is 19.2. The van der Waals surface area contributed by atoms with Crippen LogP contribution in [0, 0.1) is 5.92 Å². The predicted molar refractivity (Wildman–Crippen MR) is 111 cm³/mol. The number of fused-ring (bicyclic) bond motifs is 1. The van der Waals surface area contributed by atoms with Gasteiger partial charge >= 0.3 is 6.03 Å². The van der Waals surface area contributed by atoms with Gasteiger partial charge < -0.3 is 15.5 Å². The fourth-order valence-corrected chi connectivity index (χ4v) is 4.55. The molecule has 3 atom stereocenters. The van der Waals surface area contributed by atoms with Crippen molar-refractivity contribution in [1.29, 1.82) is 0 Å². The van der Waals surface area contributed by atoms with E-state index in [-0.39, 0.29) is 6.03 Å². The number of benzene rings is 1. The predicted octanol–water partition coefficient (Wildman–Crippen LogP) is 3.34. The van der Waals surface area contributed by atoms with Crippen LogP contribution in [0.15, 0.2) is 40.3 Å². The van der Waals surface area contributed by atoms with Crippen molar-refractivity contribution >= 4 is 17.8 Å². The summed E-state index contributed by atoms with van der Waals surface area (Å²) in [6.07, 6.45) is 6.34. The van der Waals surface area contributed by atoms with Crippen LogP contribution in [0.2, 0.25) is 0 Å². The molecule has 3 rings (SSSR count). The van der Waals surface area contributed by atoms with Crippen LogP contribution in [0.4, 0.5) is 4.79 Å². The summed E-state index contributed by atoms with van der Waals surface area (Å²) in [6.45, 7) is 7.61. The van der Waals surface area contributed by atoms with Crippen molar-refractivity contribution in [1.82, 2.24) is 26.4 Å². The van der Waals surface area contributed by atoms with Crippen molar-refractivity contribution in [3.05, 3.63) is 40.9 Å². The minimum atomic E-state index is -0.123. The van der Waals surface area contributed by atoms with Crippen molar-refractivity contribution in [3.63, 3.8) is 0 Å². The van der Waals surface area contributed by atoms with Gasteiger partial charge in [-0.3, -0.25) is 0 Å². The largest absolute Gasteiger partial charge is 0.343 e. The molecule has 0 aromatic heterocycles. The molecule has 7 heteroatoms. The lowest BCUT2D eigenvalue weighted by atomic mass is 10.0. The van der Waals surface area contributed by atoms with E-state index in [1.54, 1.807) is 0 Å². The Kier molecular flexibility index (Phi) is 7.04. The molecule has 2 aliphatic heterocycles. The molecule has 1 saturated heterocycles. The molecule has 0 saturated carbocycles. The Hall–Kier alpha value is -1.70. The topological polar surface area (TPSA) is 68.4 Å². The fourth-order valence-electron chi connectivity index (χ4n) is 3.45. The van der Waals surface area contributed by atoms with E-state index in [9.17, 15) is 4.79 Å². The van der Waals surface area contributed by atoms with Crippen LogP contribution in [0.25, 0.3) is 0 Å². The number of carbonyl (C=O) groups is 1. The minimum absolute atomic E-state index is 0.123. The summed E-state index contributed by atoms with van der Waals surface area (Å²) in [7, 11) is 0. The van der Waals surface area contributed by atoms with Gasteiger partial charge in [0.25, 0.3) is 0 Å². The molecule has 27 heavy (non-hydrogen) atoms. The summed E-state index contributed by atoms with van der Waals surface area (Å²) in [4.78, 5) is 16.7. The van der Waals surface area contributed by atoms with Gasteiger partial charge in [0.1, 0.15) is 0 Å². The van der Waals surface area contributed by atoms with Crippen LogP contribution in [0.3, 0.4) is 0 Å². The maximum absolute atomic E-state index is 11.7. The molecule has 6 nitrogen and oxygen atoms in total. The van der Waals surface area contributed by atoms with Gasteiger partial charge in [-0.1, -0.05) is 50.2 Å². The van der Waals surface area contributed by atoms with Crippen LogP contribution in [-0.2, 0) is 6.54 Å². The second kappa shape index (κ2) is 9.48. The Morgan fingerprint density at radius 3 is 2.89 bits per heavy atom. The summed E-state index contributed by atoms with van der Waals surface area (Å²) >= 11 is 1.82. The maximum Gasteiger partial charge on any atom is 0.315 e. The van der Waals surface area contributed by atoms with E-state index in [0.29, 0.717) is 31.3 Å². The first-order chi connectivity index (χ1) is 13.1. The number of hydrogen-bond acceptors (Lipinski definition) is 5. The molecule has 0 bridgehead atoms. The molecule has 1 aromatic carbocycles. The van der Waals surface area contributed by atoms with Crippen LogP contribution in [-0.4, -0.2) is 29.8 Å². The Balaban J connectivity index is 1.69. The van der Waals surface area contributed by atoms with Crippen molar-refractivity contribution in [2.75, 3.05) is 6.54 Å². The third-order valence-corrected chi connectivity index (χ3v) is 6.40. The van der Waals surface area contributed by atoms with Gasteiger partial charge in [-0.05, 0) is 37.3 Å². The summed E-state index contributed by atoms with van der Waals surface area (Å²) in [6, 6.07) is 8.19. The van der Waals surface area contributed by atoms with Crippen LogP contribution in [0.5, 0.6) is 0 Å². The van der Waals surface area contributed by atoms with Gasteiger partial charge in [0.15, 0.2) is 0 Å². The third kappa shape index (κ3) is 4.97. The van der Waals surface area contributed by atoms with Crippen molar-refractivity contribution in [2.45, 2.75) is 63.8 Å². The third-order valence-electron chi connectivity index (χ3n) is 5.21. The molecule has 3 unspecified atom stereocenters. The summed E-state index contributed by atoms with van der Waals surface area (Å²) in [5, 5.41) is 5.70. The average Bonchev–Trinajstić information content (AvgIpc) is 3.10. The van der Waals surface area contributed by atoms with E-state index in [4.69, 9.17) is 0 Å². The Morgan fingerprint density at radius 2 is 2.11 bits per heavy atom. The first-order valence-electron chi connectivity index (χ1n) is 9.89. The SMILES string of the molecule is CCNC(=O)NCc1ccccc1SC1=CN2C(CC1)NNC2C(C)CC. The van der Waals surface area contributed by atoms with Crippen molar-refractivity contribution < 1.29 is 4.79 Å². The number of thioether (sulfide) groups is 1. The number of nitrogens with zero attached hydrogens (tertiary/aromatic N) is 1. The standard InChI is InChI=1S/C20H31N5OS/c1-4-14(3)19-24-23-18-11-10-16(13-25(18)19)27-17-9-7-6-8-15(17)12-22-20(26)21-5-2/h6-9,13-14,18-19,23-24H,4-5,10-12H2,1-3H3,(H2,21,22,26). The fraction of sp³-hybridized carbons (Fsp3) is 0.550. The van der Waals surface area contributed by atoms with E-state index in [1.807, 2.05) is 24.8 Å².